The number of carboxylic acids is 2. The zero-order valence-corrected chi connectivity index (χ0v) is 32.9. The second-order valence-corrected chi connectivity index (χ2v) is 15.5. The van der Waals surface area contributed by atoms with E-state index >= 15 is 0 Å². The Morgan fingerprint density at radius 1 is 0.593 bits per heavy atom. The summed E-state index contributed by atoms with van der Waals surface area (Å²) in [6.45, 7) is 5.31. The Bertz CT molecular complexity index is 1280. The van der Waals surface area contributed by atoms with E-state index in [1.54, 1.807) is 48.5 Å². The SMILES string of the molecule is CCCCC[C@H]1CC[C@H](/C=C/COc2ccc(CO[C@@H](C(=O)O)[C@@H](OCc3ccc(OC/C=C/[C@H]4CC[C@H](CCCCC)CC4)cc3)C(=O)O)cc2)CC1. The Labute approximate surface area is 324 Å². The molecule has 0 heterocycles. The van der Waals surface area contributed by atoms with Crippen molar-refractivity contribution >= 4 is 11.9 Å². The molecule has 54 heavy (non-hydrogen) atoms. The van der Waals surface area contributed by atoms with Crippen LogP contribution in [0.2, 0.25) is 0 Å². The summed E-state index contributed by atoms with van der Waals surface area (Å²) in [5, 5.41) is 19.7. The third-order valence-corrected chi connectivity index (χ3v) is 11.2. The molecule has 4 rings (SSSR count). The Morgan fingerprint density at radius 3 is 1.30 bits per heavy atom. The lowest BCUT2D eigenvalue weighted by molar-refractivity contribution is -0.179. The van der Waals surface area contributed by atoms with Crippen molar-refractivity contribution < 1.29 is 38.7 Å². The molecule has 0 saturated heterocycles. The molecule has 0 bridgehead atoms. The Morgan fingerprint density at radius 2 is 0.963 bits per heavy atom. The van der Waals surface area contributed by atoms with E-state index in [1.807, 2.05) is 0 Å². The number of hydrogen-bond acceptors (Lipinski definition) is 6. The van der Waals surface area contributed by atoms with Crippen molar-refractivity contribution in [2.24, 2.45) is 23.7 Å². The van der Waals surface area contributed by atoms with Crippen molar-refractivity contribution in [3.63, 3.8) is 0 Å². The van der Waals surface area contributed by atoms with Crippen molar-refractivity contribution in [2.45, 2.75) is 142 Å². The van der Waals surface area contributed by atoms with Crippen LogP contribution in [0.5, 0.6) is 11.5 Å². The minimum atomic E-state index is -1.69. The van der Waals surface area contributed by atoms with Gasteiger partial charge in [-0.05, 0) is 110 Å². The van der Waals surface area contributed by atoms with Crippen molar-refractivity contribution in [3.8, 4) is 11.5 Å². The summed E-state index contributed by atoms with van der Waals surface area (Å²) in [6, 6.07) is 14.4. The fourth-order valence-corrected chi connectivity index (χ4v) is 7.80. The van der Waals surface area contributed by atoms with Gasteiger partial charge in [0.1, 0.15) is 24.7 Å². The fraction of sp³-hybridized carbons (Fsp3) is 0.609. The molecule has 2 fully saturated rings. The molecule has 0 spiro atoms. The zero-order chi connectivity index (χ0) is 38.4. The number of benzene rings is 2. The van der Waals surface area contributed by atoms with Gasteiger partial charge in [0.05, 0.1) is 13.2 Å². The van der Waals surface area contributed by atoms with Crippen LogP contribution in [0.1, 0.15) is 128 Å². The number of carbonyl (C=O) groups is 2. The van der Waals surface area contributed by atoms with E-state index in [2.05, 4.69) is 38.2 Å². The number of hydrogen-bond donors (Lipinski definition) is 2. The first kappa shape index (κ1) is 43.1. The number of allylic oxidation sites excluding steroid dienone is 2. The maximum Gasteiger partial charge on any atom is 0.336 e. The number of aliphatic carboxylic acids is 2. The van der Waals surface area contributed by atoms with E-state index in [0.29, 0.717) is 47.7 Å². The first-order valence-electron chi connectivity index (χ1n) is 20.8. The van der Waals surface area contributed by atoms with Crippen molar-refractivity contribution in [1.82, 2.24) is 0 Å². The Balaban J connectivity index is 1.14. The highest BCUT2D eigenvalue weighted by Crippen LogP contribution is 2.34. The topological polar surface area (TPSA) is 112 Å². The summed E-state index contributed by atoms with van der Waals surface area (Å²) in [4.78, 5) is 24.2. The highest BCUT2D eigenvalue weighted by Gasteiger charge is 2.36. The van der Waals surface area contributed by atoms with Crippen LogP contribution < -0.4 is 9.47 Å². The van der Waals surface area contributed by atoms with Gasteiger partial charge in [-0.15, -0.1) is 0 Å². The van der Waals surface area contributed by atoms with Gasteiger partial charge in [0, 0.05) is 0 Å². The van der Waals surface area contributed by atoms with Crippen LogP contribution >= 0.6 is 0 Å². The predicted octanol–water partition coefficient (Wildman–Crippen LogP) is 11.0. The number of ether oxygens (including phenoxy) is 4. The molecule has 2 aliphatic carbocycles. The third kappa shape index (κ3) is 16.0. The number of unbranched alkanes of at least 4 members (excludes halogenated alkanes) is 4. The Hall–Kier alpha value is -3.62. The number of rotatable bonds is 25. The standard InChI is InChI=1S/C46H66O8/c1-3-5-7-11-35-15-19-37(20-16-35)13-9-31-51-41-27-23-39(24-28-41)33-53-43(45(47)48)44(46(49)50)54-34-40-25-29-42(30-26-40)52-32-10-14-38-21-17-36(18-22-38)12-8-6-4-2/h9-10,13-14,23-30,35-38,43-44H,3-8,11-12,15-22,31-34H2,1-2H3,(H,47,48)(H,49,50)/b13-9+,14-10+/t35-,36-,37-,38-,43-,44-/m1/s1. The first-order chi connectivity index (χ1) is 26.3. The van der Waals surface area contributed by atoms with Gasteiger partial charge in [-0.25, -0.2) is 9.59 Å². The molecule has 8 heteroatoms. The smallest absolute Gasteiger partial charge is 0.336 e. The van der Waals surface area contributed by atoms with E-state index in [0.717, 1.165) is 11.8 Å². The fourth-order valence-electron chi connectivity index (χ4n) is 7.80. The van der Waals surface area contributed by atoms with Gasteiger partial charge in [-0.1, -0.05) is 114 Å². The van der Waals surface area contributed by atoms with Gasteiger partial charge in [-0.3, -0.25) is 0 Å². The second kappa shape index (κ2) is 24.7. The molecule has 0 aromatic heterocycles. The van der Waals surface area contributed by atoms with Crippen LogP contribution in [-0.4, -0.2) is 47.6 Å². The molecule has 2 aromatic carbocycles. The van der Waals surface area contributed by atoms with E-state index in [1.165, 1.54) is 103 Å². The minimum Gasteiger partial charge on any atom is -0.490 e. The van der Waals surface area contributed by atoms with Crippen molar-refractivity contribution in [1.29, 1.82) is 0 Å². The van der Waals surface area contributed by atoms with Gasteiger partial charge < -0.3 is 29.2 Å². The molecule has 2 saturated carbocycles. The van der Waals surface area contributed by atoms with Gasteiger partial charge in [0.15, 0.2) is 12.2 Å². The molecule has 2 atom stereocenters. The largest absolute Gasteiger partial charge is 0.490 e. The summed E-state index contributed by atoms with van der Waals surface area (Å²) >= 11 is 0. The molecule has 2 aromatic rings. The lowest BCUT2D eigenvalue weighted by Gasteiger charge is -2.26. The van der Waals surface area contributed by atoms with Crippen LogP contribution in [0, 0.1) is 23.7 Å². The monoisotopic (exact) mass is 746 g/mol. The van der Waals surface area contributed by atoms with Crippen LogP contribution in [-0.2, 0) is 32.3 Å². The summed E-state index contributed by atoms with van der Waals surface area (Å²) in [6.07, 6.45) is 26.5. The maximum absolute atomic E-state index is 12.1. The lowest BCUT2D eigenvalue weighted by atomic mass is 9.79. The lowest BCUT2D eigenvalue weighted by Crippen LogP contribution is -2.43. The van der Waals surface area contributed by atoms with E-state index in [9.17, 15) is 19.8 Å². The van der Waals surface area contributed by atoms with Gasteiger partial charge in [0.2, 0.25) is 0 Å². The molecular formula is C46H66O8. The maximum atomic E-state index is 12.1. The quantitative estimate of drug-likeness (QED) is 0.0763. The third-order valence-electron chi connectivity index (χ3n) is 11.2. The van der Waals surface area contributed by atoms with Crippen molar-refractivity contribution in [3.05, 3.63) is 84.0 Å². The van der Waals surface area contributed by atoms with Crippen LogP contribution in [0.15, 0.2) is 72.8 Å². The van der Waals surface area contributed by atoms with E-state index in [4.69, 9.17) is 18.9 Å². The van der Waals surface area contributed by atoms with Crippen molar-refractivity contribution in [2.75, 3.05) is 13.2 Å². The van der Waals surface area contributed by atoms with Gasteiger partial charge in [-0.2, -0.15) is 0 Å². The number of carboxylic acid groups (broad SMARTS) is 2. The average molecular weight is 747 g/mol. The Kier molecular flexibility index (Phi) is 19.7. The molecule has 2 N–H and O–H groups in total. The van der Waals surface area contributed by atoms with E-state index in [-0.39, 0.29) is 13.2 Å². The second-order valence-electron chi connectivity index (χ2n) is 15.5. The minimum absolute atomic E-state index is 0.0911. The summed E-state index contributed by atoms with van der Waals surface area (Å²) in [5.74, 6) is 1.64. The highest BCUT2D eigenvalue weighted by molar-refractivity contribution is 5.83. The molecule has 0 aliphatic heterocycles. The van der Waals surface area contributed by atoms with Crippen LogP contribution in [0.3, 0.4) is 0 Å². The molecule has 0 unspecified atom stereocenters. The highest BCUT2D eigenvalue weighted by atomic mass is 16.6. The summed E-state index contributed by atoms with van der Waals surface area (Å²) in [7, 11) is 0. The summed E-state index contributed by atoms with van der Waals surface area (Å²) < 4.78 is 23.0. The zero-order valence-electron chi connectivity index (χ0n) is 32.9. The van der Waals surface area contributed by atoms with Gasteiger partial charge >= 0.3 is 11.9 Å². The molecule has 8 nitrogen and oxygen atoms in total. The molecule has 298 valence electrons. The predicted molar refractivity (Wildman–Crippen MR) is 214 cm³/mol. The molecule has 2 aliphatic rings. The van der Waals surface area contributed by atoms with Crippen LogP contribution in [0.25, 0.3) is 0 Å². The molecule has 0 radical (unpaired) electrons. The summed E-state index contributed by atoms with van der Waals surface area (Å²) in [5.41, 5.74) is 1.39. The van der Waals surface area contributed by atoms with Crippen LogP contribution in [0.4, 0.5) is 0 Å². The molecular weight excluding hydrogens is 680 g/mol. The molecule has 0 amide bonds. The van der Waals surface area contributed by atoms with Gasteiger partial charge in [0.25, 0.3) is 0 Å². The average Bonchev–Trinajstić information content (AvgIpc) is 3.18. The normalized spacial score (nSPS) is 21.6. The van der Waals surface area contributed by atoms with E-state index < -0.39 is 24.1 Å². The first-order valence-corrected chi connectivity index (χ1v) is 20.8.